The lowest BCUT2D eigenvalue weighted by atomic mass is 10.2. The number of carbonyl (C=O) groups excluding carboxylic acids is 2. The van der Waals surface area contributed by atoms with Gasteiger partial charge in [-0.1, -0.05) is 48.2 Å². The van der Waals surface area contributed by atoms with Crippen LogP contribution in [-0.2, 0) is 4.79 Å². The van der Waals surface area contributed by atoms with Gasteiger partial charge in [-0.05, 0) is 47.7 Å². The molecule has 0 bridgehead atoms. The van der Waals surface area contributed by atoms with Crippen LogP contribution in [-0.4, -0.2) is 22.5 Å². The molecule has 0 N–H and O–H groups in total. The summed E-state index contributed by atoms with van der Waals surface area (Å²) >= 11 is 8.15. The Hall–Kier alpha value is -2.09. The van der Waals surface area contributed by atoms with E-state index < -0.39 is 5.97 Å². The monoisotopic (exact) mass is 386 g/mol. The van der Waals surface area contributed by atoms with Crippen molar-refractivity contribution in [2.75, 3.05) is 11.2 Å². The van der Waals surface area contributed by atoms with Crippen LogP contribution >= 0.6 is 35.7 Å². The van der Waals surface area contributed by atoms with Crippen LogP contribution < -0.4 is 10.0 Å². The van der Waals surface area contributed by atoms with Crippen molar-refractivity contribution in [1.29, 1.82) is 0 Å². The molecule has 0 spiro atoms. The Labute approximate surface area is 158 Å². The van der Waals surface area contributed by atoms with Crippen molar-refractivity contribution in [2.45, 2.75) is 4.90 Å². The molecule has 0 atom stereocenters. The molecule has 0 radical (unpaired) electrons. The van der Waals surface area contributed by atoms with Gasteiger partial charge in [-0.25, -0.2) is 0 Å². The Morgan fingerprint density at radius 1 is 1.24 bits per heavy atom. The zero-order chi connectivity index (χ0) is 18.0. The third kappa shape index (κ3) is 3.78. The SMILES string of the molecule is CSc1ccc(/C=C2\SC(=S)N(c3cccc(C(=O)[O-])c3)C2=O)cc1. The molecule has 1 saturated heterocycles. The summed E-state index contributed by atoms with van der Waals surface area (Å²) in [6, 6.07) is 13.9. The Morgan fingerprint density at radius 2 is 1.96 bits per heavy atom. The van der Waals surface area contributed by atoms with E-state index in [0.717, 1.165) is 10.5 Å². The van der Waals surface area contributed by atoms with Gasteiger partial charge in [0.1, 0.15) is 0 Å². The van der Waals surface area contributed by atoms with Gasteiger partial charge in [0.2, 0.25) is 0 Å². The molecule has 2 aromatic carbocycles. The van der Waals surface area contributed by atoms with Crippen LogP contribution in [0.5, 0.6) is 0 Å². The Kier molecular flexibility index (Phi) is 5.27. The van der Waals surface area contributed by atoms with Crippen LogP contribution in [0.3, 0.4) is 0 Å². The third-order valence-corrected chi connectivity index (χ3v) is 5.59. The van der Waals surface area contributed by atoms with Gasteiger partial charge in [-0.2, -0.15) is 0 Å². The van der Waals surface area contributed by atoms with Gasteiger partial charge in [0.05, 0.1) is 16.6 Å². The number of thioether (sulfide) groups is 2. The van der Waals surface area contributed by atoms with Gasteiger partial charge < -0.3 is 9.90 Å². The van der Waals surface area contributed by atoms with Crippen molar-refractivity contribution in [3.63, 3.8) is 0 Å². The zero-order valence-electron chi connectivity index (χ0n) is 13.1. The van der Waals surface area contributed by atoms with Crippen molar-refractivity contribution in [1.82, 2.24) is 0 Å². The summed E-state index contributed by atoms with van der Waals surface area (Å²) in [5, 5.41) is 11.0. The van der Waals surface area contributed by atoms with Gasteiger partial charge in [0, 0.05) is 4.90 Å². The van der Waals surface area contributed by atoms with E-state index in [4.69, 9.17) is 12.2 Å². The molecule has 1 heterocycles. The summed E-state index contributed by atoms with van der Waals surface area (Å²) in [6.07, 6.45) is 3.78. The highest BCUT2D eigenvalue weighted by Crippen LogP contribution is 2.36. The fourth-order valence-electron chi connectivity index (χ4n) is 2.31. The van der Waals surface area contributed by atoms with Crippen molar-refractivity contribution < 1.29 is 14.7 Å². The van der Waals surface area contributed by atoms with Crippen LogP contribution in [0.4, 0.5) is 5.69 Å². The van der Waals surface area contributed by atoms with E-state index in [1.54, 1.807) is 30.0 Å². The number of carboxylic acids is 1. The number of thiocarbonyl (C=S) groups is 1. The fraction of sp³-hybridized carbons (Fsp3) is 0.0556. The smallest absolute Gasteiger partial charge is 0.270 e. The first-order valence-electron chi connectivity index (χ1n) is 7.23. The van der Waals surface area contributed by atoms with Crippen molar-refractivity contribution in [3.8, 4) is 0 Å². The van der Waals surface area contributed by atoms with Crippen LogP contribution in [0.2, 0.25) is 0 Å². The molecule has 1 aliphatic rings. The Balaban J connectivity index is 1.90. The number of benzene rings is 2. The molecule has 7 heteroatoms. The summed E-state index contributed by atoms with van der Waals surface area (Å²) < 4.78 is 0.368. The van der Waals surface area contributed by atoms with Crippen LogP contribution in [0.15, 0.2) is 58.3 Å². The maximum Gasteiger partial charge on any atom is 0.270 e. The molecule has 1 fully saturated rings. The number of anilines is 1. The number of hydrogen-bond donors (Lipinski definition) is 0. The minimum absolute atomic E-state index is 0.00295. The quantitative estimate of drug-likeness (QED) is 0.457. The normalized spacial score (nSPS) is 15.9. The number of rotatable bonds is 4. The predicted octanol–water partition coefficient (Wildman–Crippen LogP) is 3.18. The van der Waals surface area contributed by atoms with Crippen molar-refractivity contribution >= 4 is 63.7 Å². The molecule has 4 nitrogen and oxygen atoms in total. The second-order valence-corrected chi connectivity index (χ2v) is 7.68. The van der Waals surface area contributed by atoms with Gasteiger partial charge in [-0.3, -0.25) is 9.69 Å². The summed E-state index contributed by atoms with van der Waals surface area (Å²) in [4.78, 5) is 26.7. The molecule has 1 aliphatic heterocycles. The van der Waals surface area contributed by atoms with E-state index in [9.17, 15) is 14.7 Å². The first-order valence-corrected chi connectivity index (χ1v) is 9.68. The molecular weight excluding hydrogens is 374 g/mol. The number of hydrogen-bond acceptors (Lipinski definition) is 6. The van der Waals surface area contributed by atoms with E-state index in [0.29, 0.717) is 14.9 Å². The highest BCUT2D eigenvalue weighted by Gasteiger charge is 2.33. The molecule has 3 rings (SSSR count). The molecule has 0 unspecified atom stereocenters. The summed E-state index contributed by atoms with van der Waals surface area (Å²) in [6.45, 7) is 0. The summed E-state index contributed by atoms with van der Waals surface area (Å²) in [7, 11) is 0. The minimum Gasteiger partial charge on any atom is -0.545 e. The minimum atomic E-state index is -1.29. The summed E-state index contributed by atoms with van der Waals surface area (Å²) in [5.41, 5.74) is 1.33. The molecule has 0 aromatic heterocycles. The first kappa shape index (κ1) is 17.7. The predicted molar refractivity (Wildman–Crippen MR) is 105 cm³/mol. The number of carboxylic acid groups (broad SMARTS) is 1. The lowest BCUT2D eigenvalue weighted by Gasteiger charge is -2.15. The van der Waals surface area contributed by atoms with E-state index in [-0.39, 0.29) is 11.5 Å². The number of carbonyl (C=O) groups is 2. The molecule has 126 valence electrons. The lowest BCUT2D eigenvalue weighted by Crippen LogP contribution is -2.28. The maximum atomic E-state index is 12.7. The number of aromatic carboxylic acids is 1. The Bertz CT molecular complexity index is 891. The van der Waals surface area contributed by atoms with Crippen molar-refractivity contribution in [3.05, 3.63) is 64.6 Å². The average molecular weight is 386 g/mol. The fourth-order valence-corrected chi connectivity index (χ4v) is 4.02. The zero-order valence-corrected chi connectivity index (χ0v) is 15.5. The van der Waals surface area contributed by atoms with Gasteiger partial charge in [-0.15, -0.1) is 11.8 Å². The number of nitrogens with zero attached hydrogens (tertiary/aromatic N) is 1. The average Bonchev–Trinajstić information content (AvgIpc) is 2.89. The van der Waals surface area contributed by atoms with E-state index >= 15 is 0 Å². The van der Waals surface area contributed by atoms with E-state index in [2.05, 4.69) is 0 Å². The highest BCUT2D eigenvalue weighted by molar-refractivity contribution is 8.27. The number of amides is 1. The lowest BCUT2D eigenvalue weighted by molar-refractivity contribution is -0.255. The molecule has 25 heavy (non-hydrogen) atoms. The summed E-state index contributed by atoms with van der Waals surface area (Å²) in [5.74, 6) is -1.56. The topological polar surface area (TPSA) is 60.4 Å². The Morgan fingerprint density at radius 3 is 2.60 bits per heavy atom. The van der Waals surface area contributed by atoms with Gasteiger partial charge in [0.15, 0.2) is 4.32 Å². The standard InChI is InChI=1S/C18H13NO3S3/c1-24-14-7-5-11(6-8-14)9-15-16(20)19(18(23)25-15)13-4-2-3-12(10-13)17(21)22/h2-10H,1H3,(H,21,22)/p-1/b15-9-. The van der Waals surface area contributed by atoms with E-state index in [1.807, 2.05) is 30.5 Å². The van der Waals surface area contributed by atoms with Crippen LogP contribution in [0.25, 0.3) is 6.08 Å². The highest BCUT2D eigenvalue weighted by atomic mass is 32.2. The molecule has 1 amide bonds. The first-order chi connectivity index (χ1) is 12.0. The molecule has 0 saturated carbocycles. The molecular formula is C18H12NO3S3-. The third-order valence-electron chi connectivity index (χ3n) is 3.55. The van der Waals surface area contributed by atoms with E-state index in [1.165, 1.54) is 28.8 Å². The second-order valence-electron chi connectivity index (χ2n) is 5.13. The van der Waals surface area contributed by atoms with Gasteiger partial charge in [0.25, 0.3) is 5.91 Å². The molecule has 2 aromatic rings. The van der Waals surface area contributed by atoms with Crippen LogP contribution in [0, 0.1) is 0 Å². The largest absolute Gasteiger partial charge is 0.545 e. The molecule has 0 aliphatic carbocycles. The van der Waals surface area contributed by atoms with Crippen LogP contribution in [0.1, 0.15) is 15.9 Å². The van der Waals surface area contributed by atoms with Crippen molar-refractivity contribution in [2.24, 2.45) is 0 Å². The maximum absolute atomic E-state index is 12.7. The second kappa shape index (κ2) is 7.43. The van der Waals surface area contributed by atoms with Gasteiger partial charge >= 0.3 is 0 Å².